The van der Waals surface area contributed by atoms with Crippen molar-refractivity contribution in [3.8, 4) is 17.9 Å². The van der Waals surface area contributed by atoms with Gasteiger partial charge in [0.2, 0.25) is 0 Å². The van der Waals surface area contributed by atoms with E-state index in [0.717, 1.165) is 11.1 Å². The van der Waals surface area contributed by atoms with Gasteiger partial charge in [-0.3, -0.25) is 5.32 Å². The highest BCUT2D eigenvalue weighted by Gasteiger charge is 2.40. The van der Waals surface area contributed by atoms with Crippen LogP contribution in [0.4, 0.5) is 0 Å². The van der Waals surface area contributed by atoms with Gasteiger partial charge < -0.3 is 5.11 Å². The van der Waals surface area contributed by atoms with Crippen molar-refractivity contribution in [3.63, 3.8) is 0 Å². The first-order valence-electron chi connectivity index (χ1n) is 8.20. The van der Waals surface area contributed by atoms with Crippen LogP contribution in [0.5, 0.6) is 0 Å². The second-order valence-electron chi connectivity index (χ2n) is 6.31. The van der Waals surface area contributed by atoms with Gasteiger partial charge in [0.1, 0.15) is 6.04 Å². The molecule has 0 bridgehead atoms. The molecule has 114 valence electrons. The van der Waals surface area contributed by atoms with Gasteiger partial charge in [0.15, 0.2) is 0 Å². The summed E-state index contributed by atoms with van der Waals surface area (Å²) in [4.78, 5) is 0. The third-order valence-electron chi connectivity index (χ3n) is 4.84. The standard InChI is InChI=1S/C19H22N2O/c20-12-17-19(18(13-22)21-17)16-10-8-15(9-11-16)7-6-14-4-2-1-3-5-14/h8-11,14,17-19,21-22H,1-5,13H2/t17-,18-,19+/m1/s1. The lowest BCUT2D eigenvalue weighted by Crippen LogP contribution is -2.60. The molecule has 1 saturated carbocycles. The van der Waals surface area contributed by atoms with E-state index < -0.39 is 0 Å². The summed E-state index contributed by atoms with van der Waals surface area (Å²) in [6.07, 6.45) is 6.45. The van der Waals surface area contributed by atoms with E-state index in [9.17, 15) is 5.11 Å². The quantitative estimate of drug-likeness (QED) is 0.824. The Bertz CT molecular complexity index is 599. The van der Waals surface area contributed by atoms with Crippen LogP contribution >= 0.6 is 0 Å². The van der Waals surface area contributed by atoms with Crippen molar-refractivity contribution in [3.05, 3.63) is 35.4 Å². The number of aliphatic hydroxyl groups excluding tert-OH is 1. The third kappa shape index (κ3) is 3.17. The van der Waals surface area contributed by atoms with Crippen LogP contribution in [0.15, 0.2) is 24.3 Å². The van der Waals surface area contributed by atoms with Crippen LogP contribution in [0.1, 0.15) is 49.1 Å². The van der Waals surface area contributed by atoms with E-state index in [1.807, 2.05) is 24.3 Å². The number of benzene rings is 1. The van der Waals surface area contributed by atoms with E-state index in [0.29, 0.717) is 5.92 Å². The Labute approximate surface area is 132 Å². The molecule has 1 aliphatic heterocycles. The Morgan fingerprint density at radius 3 is 2.50 bits per heavy atom. The lowest BCUT2D eigenvalue weighted by atomic mass is 9.78. The van der Waals surface area contributed by atoms with E-state index in [1.165, 1.54) is 32.1 Å². The van der Waals surface area contributed by atoms with E-state index in [-0.39, 0.29) is 24.6 Å². The molecule has 0 aromatic heterocycles. The predicted octanol–water partition coefficient (Wildman–Crippen LogP) is 2.56. The number of hydrogen-bond acceptors (Lipinski definition) is 3. The van der Waals surface area contributed by atoms with Crippen LogP contribution in [0.2, 0.25) is 0 Å². The van der Waals surface area contributed by atoms with Crippen molar-refractivity contribution in [1.82, 2.24) is 5.32 Å². The highest BCUT2D eigenvalue weighted by Crippen LogP contribution is 2.31. The molecular weight excluding hydrogens is 272 g/mol. The first-order chi connectivity index (χ1) is 10.8. The normalized spacial score (nSPS) is 28.1. The molecule has 1 heterocycles. The van der Waals surface area contributed by atoms with Crippen molar-refractivity contribution in [2.75, 3.05) is 6.61 Å². The van der Waals surface area contributed by atoms with Crippen LogP contribution in [-0.2, 0) is 0 Å². The zero-order valence-electron chi connectivity index (χ0n) is 12.8. The summed E-state index contributed by atoms with van der Waals surface area (Å²) in [6.45, 7) is 0.0616. The molecule has 1 saturated heterocycles. The van der Waals surface area contributed by atoms with E-state index in [1.54, 1.807) is 0 Å². The zero-order chi connectivity index (χ0) is 15.4. The van der Waals surface area contributed by atoms with Gasteiger partial charge >= 0.3 is 0 Å². The molecule has 3 rings (SSSR count). The number of nitriles is 1. The van der Waals surface area contributed by atoms with Crippen LogP contribution in [0.25, 0.3) is 0 Å². The summed E-state index contributed by atoms with van der Waals surface area (Å²) in [7, 11) is 0. The maximum atomic E-state index is 9.32. The minimum absolute atomic E-state index is 0.0103. The van der Waals surface area contributed by atoms with Crippen LogP contribution in [0, 0.1) is 29.1 Å². The summed E-state index contributed by atoms with van der Waals surface area (Å²) >= 11 is 0. The molecule has 2 fully saturated rings. The maximum absolute atomic E-state index is 9.32. The molecule has 1 aromatic carbocycles. The summed E-state index contributed by atoms with van der Waals surface area (Å²) in [6, 6.07) is 10.2. The Morgan fingerprint density at radius 1 is 1.14 bits per heavy atom. The van der Waals surface area contributed by atoms with Crippen LogP contribution in [0.3, 0.4) is 0 Å². The smallest absolute Gasteiger partial charge is 0.104 e. The summed E-state index contributed by atoms with van der Waals surface area (Å²) in [5, 5.41) is 21.5. The van der Waals surface area contributed by atoms with Gasteiger partial charge in [0, 0.05) is 23.4 Å². The van der Waals surface area contributed by atoms with Gasteiger partial charge in [-0.2, -0.15) is 5.26 Å². The fourth-order valence-corrected chi connectivity index (χ4v) is 3.48. The molecule has 2 aliphatic rings. The lowest BCUT2D eigenvalue weighted by molar-refractivity contribution is 0.151. The second-order valence-corrected chi connectivity index (χ2v) is 6.31. The summed E-state index contributed by atoms with van der Waals surface area (Å²) in [5.41, 5.74) is 2.14. The molecule has 1 aromatic rings. The molecule has 0 radical (unpaired) electrons. The van der Waals surface area contributed by atoms with Gasteiger partial charge in [-0.1, -0.05) is 43.2 Å². The Hall–Kier alpha value is -1.81. The van der Waals surface area contributed by atoms with E-state index >= 15 is 0 Å². The monoisotopic (exact) mass is 294 g/mol. The van der Waals surface area contributed by atoms with Gasteiger partial charge in [-0.05, 0) is 30.5 Å². The number of nitrogens with one attached hydrogen (secondary N) is 1. The molecule has 3 heteroatoms. The minimum atomic E-state index is -0.198. The number of rotatable bonds is 2. The highest BCUT2D eigenvalue weighted by molar-refractivity contribution is 5.40. The topological polar surface area (TPSA) is 56.0 Å². The van der Waals surface area contributed by atoms with Crippen LogP contribution < -0.4 is 5.32 Å². The number of hydrogen-bond donors (Lipinski definition) is 2. The fourth-order valence-electron chi connectivity index (χ4n) is 3.48. The molecule has 3 nitrogen and oxygen atoms in total. The second kappa shape index (κ2) is 6.97. The van der Waals surface area contributed by atoms with Gasteiger partial charge in [-0.15, -0.1) is 0 Å². The molecule has 2 N–H and O–H groups in total. The van der Waals surface area contributed by atoms with E-state index in [2.05, 4.69) is 23.2 Å². The predicted molar refractivity (Wildman–Crippen MR) is 86.0 cm³/mol. The number of nitrogens with zero attached hydrogens (tertiary/aromatic N) is 1. The van der Waals surface area contributed by atoms with Gasteiger partial charge in [-0.25, -0.2) is 0 Å². The molecule has 0 amide bonds. The van der Waals surface area contributed by atoms with Gasteiger partial charge in [0.25, 0.3) is 0 Å². The Kier molecular flexibility index (Phi) is 4.78. The first kappa shape index (κ1) is 15.1. The minimum Gasteiger partial charge on any atom is -0.395 e. The van der Waals surface area contributed by atoms with Crippen molar-refractivity contribution in [2.45, 2.75) is 50.1 Å². The van der Waals surface area contributed by atoms with Crippen molar-refractivity contribution in [1.29, 1.82) is 5.26 Å². The van der Waals surface area contributed by atoms with Crippen molar-refractivity contribution in [2.24, 2.45) is 5.92 Å². The SMILES string of the molecule is N#C[C@H]1N[C@H](CO)[C@H]1c1ccc(C#CC2CCCCC2)cc1. The average Bonchev–Trinajstić information content (AvgIpc) is 2.55. The largest absolute Gasteiger partial charge is 0.395 e. The maximum Gasteiger partial charge on any atom is 0.104 e. The molecule has 0 spiro atoms. The van der Waals surface area contributed by atoms with Gasteiger partial charge in [0.05, 0.1) is 12.7 Å². The lowest BCUT2D eigenvalue weighted by Gasteiger charge is -2.41. The van der Waals surface area contributed by atoms with Crippen molar-refractivity contribution >= 4 is 0 Å². The summed E-state index contributed by atoms with van der Waals surface area (Å²) < 4.78 is 0. The zero-order valence-corrected chi connectivity index (χ0v) is 12.8. The number of aliphatic hydroxyl groups is 1. The van der Waals surface area contributed by atoms with Crippen molar-refractivity contribution < 1.29 is 5.11 Å². The molecule has 1 aliphatic carbocycles. The average molecular weight is 294 g/mol. The molecule has 3 atom stereocenters. The molecule has 0 unspecified atom stereocenters. The Balaban J connectivity index is 1.68. The third-order valence-corrected chi connectivity index (χ3v) is 4.84. The van der Waals surface area contributed by atoms with Crippen LogP contribution in [-0.4, -0.2) is 23.8 Å². The first-order valence-corrected chi connectivity index (χ1v) is 8.20. The fraction of sp³-hybridized carbons (Fsp3) is 0.526. The van der Waals surface area contributed by atoms with E-state index in [4.69, 9.17) is 5.26 Å². The molecular formula is C19H22N2O. The Morgan fingerprint density at radius 2 is 1.86 bits per heavy atom. The summed E-state index contributed by atoms with van der Waals surface area (Å²) in [5.74, 6) is 7.33. The molecule has 22 heavy (non-hydrogen) atoms. The highest BCUT2D eigenvalue weighted by atomic mass is 16.3.